The van der Waals surface area contributed by atoms with Crippen LogP contribution in [0.15, 0.2) is 48.5 Å². The van der Waals surface area contributed by atoms with E-state index in [1.54, 1.807) is 0 Å². The molecule has 0 aliphatic carbocycles. The highest BCUT2D eigenvalue weighted by molar-refractivity contribution is 6.30. The lowest BCUT2D eigenvalue weighted by atomic mass is 10.1. The molecule has 94 valence electrons. The molecule has 0 bridgehead atoms. The van der Waals surface area contributed by atoms with Crippen molar-refractivity contribution < 1.29 is 5.11 Å². The van der Waals surface area contributed by atoms with E-state index in [0.717, 1.165) is 11.3 Å². The standard InChI is InChI=1S/C15H16ClNO/c1-11-2-4-12(5-3-11)15(18)10-17-14-8-6-13(16)7-9-14/h2-9,15,17-18H,10H2,1H3. The van der Waals surface area contributed by atoms with E-state index in [1.807, 2.05) is 55.5 Å². The van der Waals surface area contributed by atoms with Crippen LogP contribution in [0.3, 0.4) is 0 Å². The smallest absolute Gasteiger partial charge is 0.0962 e. The highest BCUT2D eigenvalue weighted by Gasteiger charge is 2.06. The average Bonchev–Trinajstić information content (AvgIpc) is 2.38. The lowest BCUT2D eigenvalue weighted by Gasteiger charge is -2.13. The van der Waals surface area contributed by atoms with Crippen LogP contribution in [0.4, 0.5) is 5.69 Å². The Hall–Kier alpha value is -1.51. The minimum absolute atomic E-state index is 0.477. The zero-order chi connectivity index (χ0) is 13.0. The third kappa shape index (κ3) is 3.49. The molecule has 0 saturated carbocycles. The molecule has 2 nitrogen and oxygen atoms in total. The molecule has 0 aromatic heterocycles. The minimum atomic E-state index is -0.513. The van der Waals surface area contributed by atoms with Crippen LogP contribution < -0.4 is 5.32 Å². The van der Waals surface area contributed by atoms with Crippen molar-refractivity contribution in [1.29, 1.82) is 0 Å². The fourth-order valence-corrected chi connectivity index (χ4v) is 1.81. The fourth-order valence-electron chi connectivity index (χ4n) is 1.69. The number of benzene rings is 2. The summed E-state index contributed by atoms with van der Waals surface area (Å²) in [6.07, 6.45) is -0.513. The number of halogens is 1. The lowest BCUT2D eigenvalue weighted by molar-refractivity contribution is 0.191. The number of hydrogen-bond donors (Lipinski definition) is 2. The molecule has 2 aromatic carbocycles. The maximum atomic E-state index is 10.0. The third-order valence-electron chi connectivity index (χ3n) is 2.81. The first kappa shape index (κ1) is 12.9. The molecule has 1 atom stereocenters. The van der Waals surface area contributed by atoms with Gasteiger partial charge < -0.3 is 10.4 Å². The van der Waals surface area contributed by atoms with Gasteiger partial charge in [0.25, 0.3) is 0 Å². The maximum Gasteiger partial charge on any atom is 0.0962 e. The second-order valence-electron chi connectivity index (χ2n) is 4.31. The van der Waals surface area contributed by atoms with Crippen LogP contribution in [-0.2, 0) is 0 Å². The summed E-state index contributed by atoms with van der Waals surface area (Å²) in [6, 6.07) is 15.3. The number of aryl methyl sites for hydroxylation is 1. The van der Waals surface area contributed by atoms with Gasteiger partial charge in [0.2, 0.25) is 0 Å². The molecule has 0 fully saturated rings. The van der Waals surface area contributed by atoms with Gasteiger partial charge in [-0.2, -0.15) is 0 Å². The van der Waals surface area contributed by atoms with Crippen molar-refractivity contribution in [2.45, 2.75) is 13.0 Å². The van der Waals surface area contributed by atoms with Gasteiger partial charge in [-0.05, 0) is 36.8 Å². The molecule has 2 N–H and O–H groups in total. The number of aliphatic hydroxyl groups excluding tert-OH is 1. The topological polar surface area (TPSA) is 32.3 Å². The molecular weight excluding hydrogens is 246 g/mol. The zero-order valence-corrected chi connectivity index (χ0v) is 11.0. The van der Waals surface area contributed by atoms with Crippen LogP contribution in [0.5, 0.6) is 0 Å². The van der Waals surface area contributed by atoms with Crippen molar-refractivity contribution in [1.82, 2.24) is 0 Å². The molecule has 0 amide bonds. The summed E-state index contributed by atoms with van der Waals surface area (Å²) in [6.45, 7) is 2.51. The molecular formula is C15H16ClNO. The summed E-state index contributed by atoms with van der Waals surface area (Å²) < 4.78 is 0. The minimum Gasteiger partial charge on any atom is -0.387 e. The largest absolute Gasteiger partial charge is 0.387 e. The Balaban J connectivity index is 1.93. The van der Waals surface area contributed by atoms with Crippen molar-refractivity contribution in [2.75, 3.05) is 11.9 Å². The first-order valence-electron chi connectivity index (χ1n) is 5.89. The lowest BCUT2D eigenvalue weighted by Crippen LogP contribution is -2.11. The number of anilines is 1. The van der Waals surface area contributed by atoms with Crippen LogP contribution in [0.1, 0.15) is 17.2 Å². The molecule has 0 spiro atoms. The van der Waals surface area contributed by atoms with Crippen molar-refractivity contribution in [3.8, 4) is 0 Å². The average molecular weight is 262 g/mol. The Morgan fingerprint density at radius 2 is 1.67 bits per heavy atom. The number of aliphatic hydroxyl groups is 1. The van der Waals surface area contributed by atoms with E-state index in [1.165, 1.54) is 5.56 Å². The Labute approximate surface area is 112 Å². The normalized spacial score (nSPS) is 12.2. The van der Waals surface area contributed by atoms with E-state index in [9.17, 15) is 5.11 Å². The van der Waals surface area contributed by atoms with Crippen LogP contribution in [0.25, 0.3) is 0 Å². The molecule has 0 aliphatic rings. The van der Waals surface area contributed by atoms with Crippen molar-refractivity contribution in [3.05, 3.63) is 64.7 Å². The van der Waals surface area contributed by atoms with Gasteiger partial charge in [0.1, 0.15) is 0 Å². The molecule has 0 radical (unpaired) electrons. The zero-order valence-electron chi connectivity index (χ0n) is 10.2. The summed E-state index contributed by atoms with van der Waals surface area (Å²) in [7, 11) is 0. The number of nitrogens with one attached hydrogen (secondary N) is 1. The first-order chi connectivity index (χ1) is 8.65. The SMILES string of the molecule is Cc1ccc(C(O)CNc2ccc(Cl)cc2)cc1. The first-order valence-corrected chi connectivity index (χ1v) is 6.27. The Kier molecular flexibility index (Phi) is 4.24. The van der Waals surface area contributed by atoms with E-state index in [4.69, 9.17) is 11.6 Å². The Morgan fingerprint density at radius 3 is 2.28 bits per heavy atom. The summed E-state index contributed by atoms with van der Waals surface area (Å²) in [4.78, 5) is 0. The van der Waals surface area contributed by atoms with Gasteiger partial charge in [0, 0.05) is 17.3 Å². The van der Waals surface area contributed by atoms with Gasteiger partial charge in [0.15, 0.2) is 0 Å². The molecule has 3 heteroatoms. The fraction of sp³-hybridized carbons (Fsp3) is 0.200. The van der Waals surface area contributed by atoms with Crippen LogP contribution in [0.2, 0.25) is 5.02 Å². The highest BCUT2D eigenvalue weighted by Crippen LogP contribution is 2.17. The van der Waals surface area contributed by atoms with E-state index < -0.39 is 6.10 Å². The Bertz CT molecular complexity index is 493. The number of rotatable bonds is 4. The predicted octanol–water partition coefficient (Wildman–Crippen LogP) is 3.79. The van der Waals surface area contributed by atoms with Gasteiger partial charge in [-0.25, -0.2) is 0 Å². The highest BCUT2D eigenvalue weighted by atomic mass is 35.5. The third-order valence-corrected chi connectivity index (χ3v) is 3.06. The monoisotopic (exact) mass is 261 g/mol. The predicted molar refractivity (Wildman–Crippen MR) is 76.1 cm³/mol. The molecule has 0 saturated heterocycles. The van der Waals surface area contributed by atoms with Crippen molar-refractivity contribution in [2.24, 2.45) is 0 Å². The molecule has 1 unspecified atom stereocenters. The molecule has 18 heavy (non-hydrogen) atoms. The van der Waals surface area contributed by atoms with Gasteiger partial charge in [-0.15, -0.1) is 0 Å². The van der Waals surface area contributed by atoms with E-state index >= 15 is 0 Å². The summed E-state index contributed by atoms with van der Waals surface area (Å²) in [5.41, 5.74) is 3.06. The molecule has 2 rings (SSSR count). The summed E-state index contributed by atoms with van der Waals surface area (Å²) in [5.74, 6) is 0. The second kappa shape index (κ2) is 5.89. The van der Waals surface area contributed by atoms with Gasteiger partial charge >= 0.3 is 0 Å². The van der Waals surface area contributed by atoms with Crippen LogP contribution in [0, 0.1) is 6.92 Å². The van der Waals surface area contributed by atoms with Crippen LogP contribution >= 0.6 is 11.6 Å². The van der Waals surface area contributed by atoms with E-state index in [0.29, 0.717) is 11.6 Å². The van der Waals surface area contributed by atoms with Crippen molar-refractivity contribution >= 4 is 17.3 Å². The quantitative estimate of drug-likeness (QED) is 0.878. The maximum absolute atomic E-state index is 10.0. The van der Waals surface area contributed by atoms with Gasteiger partial charge in [-0.3, -0.25) is 0 Å². The van der Waals surface area contributed by atoms with E-state index in [2.05, 4.69) is 5.32 Å². The molecule has 0 aliphatic heterocycles. The van der Waals surface area contributed by atoms with Gasteiger partial charge in [-0.1, -0.05) is 41.4 Å². The molecule has 0 heterocycles. The van der Waals surface area contributed by atoms with E-state index in [-0.39, 0.29) is 0 Å². The summed E-state index contributed by atoms with van der Waals surface area (Å²) >= 11 is 5.81. The summed E-state index contributed by atoms with van der Waals surface area (Å²) in [5, 5.41) is 13.9. The molecule has 2 aromatic rings. The number of hydrogen-bond acceptors (Lipinski definition) is 2. The second-order valence-corrected chi connectivity index (χ2v) is 4.75. The van der Waals surface area contributed by atoms with Gasteiger partial charge in [0.05, 0.1) is 6.10 Å². The van der Waals surface area contributed by atoms with Crippen molar-refractivity contribution in [3.63, 3.8) is 0 Å². The Morgan fingerprint density at radius 1 is 1.06 bits per heavy atom. The van der Waals surface area contributed by atoms with Crippen LogP contribution in [-0.4, -0.2) is 11.7 Å².